The van der Waals surface area contributed by atoms with Crippen molar-refractivity contribution in [3.63, 3.8) is 0 Å². The SMILES string of the molecule is CCC1CCC(O)(CNCc2csnn2)CC1. The predicted octanol–water partition coefficient (Wildman–Crippen LogP) is 1.96. The quantitative estimate of drug-likeness (QED) is 0.844. The van der Waals surface area contributed by atoms with Gasteiger partial charge in [0, 0.05) is 18.5 Å². The van der Waals surface area contributed by atoms with Crippen LogP contribution in [0.2, 0.25) is 0 Å². The average Bonchev–Trinajstić information content (AvgIpc) is 2.83. The van der Waals surface area contributed by atoms with E-state index in [1.807, 2.05) is 5.38 Å². The van der Waals surface area contributed by atoms with Gasteiger partial charge >= 0.3 is 0 Å². The minimum atomic E-state index is -0.505. The monoisotopic (exact) mass is 255 g/mol. The lowest BCUT2D eigenvalue weighted by Gasteiger charge is -2.35. The van der Waals surface area contributed by atoms with Crippen LogP contribution < -0.4 is 5.32 Å². The van der Waals surface area contributed by atoms with Crippen LogP contribution in [0.25, 0.3) is 0 Å². The molecule has 1 heterocycles. The molecular formula is C12H21N3OS. The maximum Gasteiger partial charge on any atom is 0.0893 e. The molecule has 1 aromatic heterocycles. The van der Waals surface area contributed by atoms with E-state index in [1.54, 1.807) is 0 Å². The summed E-state index contributed by atoms with van der Waals surface area (Å²) in [6.07, 6.45) is 5.41. The van der Waals surface area contributed by atoms with Crippen LogP contribution in [0.1, 0.15) is 44.7 Å². The second-order valence-electron chi connectivity index (χ2n) is 5.08. The van der Waals surface area contributed by atoms with E-state index in [-0.39, 0.29) is 0 Å². The fourth-order valence-corrected chi connectivity index (χ4v) is 2.94. The van der Waals surface area contributed by atoms with Crippen molar-refractivity contribution in [1.29, 1.82) is 0 Å². The van der Waals surface area contributed by atoms with Crippen molar-refractivity contribution >= 4 is 11.5 Å². The summed E-state index contributed by atoms with van der Waals surface area (Å²) in [5.41, 5.74) is 0.454. The van der Waals surface area contributed by atoms with Crippen molar-refractivity contribution in [1.82, 2.24) is 14.9 Å². The van der Waals surface area contributed by atoms with E-state index in [1.165, 1.54) is 18.0 Å². The van der Waals surface area contributed by atoms with Gasteiger partial charge in [-0.25, -0.2) is 0 Å². The third-order valence-corrected chi connectivity index (χ3v) is 4.33. The van der Waals surface area contributed by atoms with Gasteiger partial charge in [0.2, 0.25) is 0 Å². The van der Waals surface area contributed by atoms with Crippen molar-refractivity contribution in [2.75, 3.05) is 6.54 Å². The van der Waals surface area contributed by atoms with E-state index < -0.39 is 5.60 Å². The average molecular weight is 255 g/mol. The Morgan fingerprint density at radius 3 is 2.88 bits per heavy atom. The molecule has 1 aromatic rings. The molecule has 0 unspecified atom stereocenters. The standard InChI is InChI=1S/C12H21N3OS/c1-2-10-3-5-12(16,6-4-10)9-13-7-11-8-17-15-14-11/h8,10,13,16H,2-7,9H2,1H3. The van der Waals surface area contributed by atoms with Crippen LogP contribution in [-0.2, 0) is 6.54 Å². The highest BCUT2D eigenvalue weighted by Gasteiger charge is 2.32. The van der Waals surface area contributed by atoms with E-state index in [0.717, 1.165) is 37.3 Å². The van der Waals surface area contributed by atoms with E-state index in [9.17, 15) is 5.11 Å². The summed E-state index contributed by atoms with van der Waals surface area (Å²) in [7, 11) is 0. The Labute approximate surface area is 107 Å². The lowest BCUT2D eigenvalue weighted by Crippen LogP contribution is -2.43. The smallest absolute Gasteiger partial charge is 0.0893 e. The lowest BCUT2D eigenvalue weighted by atomic mass is 9.78. The van der Waals surface area contributed by atoms with Crippen molar-refractivity contribution in [2.45, 2.75) is 51.2 Å². The maximum absolute atomic E-state index is 10.4. The zero-order valence-corrected chi connectivity index (χ0v) is 11.2. The normalized spacial score (nSPS) is 29.4. The second kappa shape index (κ2) is 5.89. The molecule has 1 saturated carbocycles. The number of aliphatic hydroxyl groups is 1. The predicted molar refractivity (Wildman–Crippen MR) is 68.8 cm³/mol. The zero-order chi connectivity index (χ0) is 12.1. The van der Waals surface area contributed by atoms with Crippen LogP contribution in [0.3, 0.4) is 0 Å². The first-order chi connectivity index (χ1) is 8.22. The number of hydrogen-bond acceptors (Lipinski definition) is 5. The molecule has 0 radical (unpaired) electrons. The van der Waals surface area contributed by atoms with Gasteiger partial charge in [-0.2, -0.15) is 0 Å². The molecule has 0 bridgehead atoms. The molecule has 0 amide bonds. The summed E-state index contributed by atoms with van der Waals surface area (Å²) in [5, 5.41) is 19.6. The van der Waals surface area contributed by atoms with Crippen LogP contribution in [0.5, 0.6) is 0 Å². The fourth-order valence-electron chi connectivity index (χ4n) is 2.48. The largest absolute Gasteiger partial charge is 0.389 e. The van der Waals surface area contributed by atoms with Crippen molar-refractivity contribution < 1.29 is 5.11 Å². The molecule has 4 nitrogen and oxygen atoms in total. The van der Waals surface area contributed by atoms with E-state index in [0.29, 0.717) is 13.1 Å². The van der Waals surface area contributed by atoms with Gasteiger partial charge in [0.25, 0.3) is 0 Å². The summed E-state index contributed by atoms with van der Waals surface area (Å²) in [5.74, 6) is 0.818. The molecule has 5 heteroatoms. The topological polar surface area (TPSA) is 58.0 Å². The van der Waals surface area contributed by atoms with Crippen LogP contribution in [0, 0.1) is 5.92 Å². The Kier molecular flexibility index (Phi) is 4.48. The summed E-state index contributed by atoms with van der Waals surface area (Å²) in [6, 6.07) is 0. The highest BCUT2D eigenvalue weighted by Crippen LogP contribution is 2.33. The molecule has 0 aliphatic heterocycles. The number of nitrogens with one attached hydrogen (secondary N) is 1. The number of hydrogen-bond donors (Lipinski definition) is 2. The van der Waals surface area contributed by atoms with E-state index in [2.05, 4.69) is 21.8 Å². The van der Waals surface area contributed by atoms with Crippen LogP contribution in [0.4, 0.5) is 0 Å². The first-order valence-electron chi connectivity index (χ1n) is 6.41. The molecule has 1 fully saturated rings. The lowest BCUT2D eigenvalue weighted by molar-refractivity contribution is -0.00886. The van der Waals surface area contributed by atoms with Gasteiger partial charge in [-0.05, 0) is 43.1 Å². The molecule has 0 atom stereocenters. The van der Waals surface area contributed by atoms with Gasteiger partial charge in [-0.3, -0.25) is 0 Å². The van der Waals surface area contributed by atoms with Gasteiger partial charge < -0.3 is 10.4 Å². The fraction of sp³-hybridized carbons (Fsp3) is 0.833. The minimum Gasteiger partial charge on any atom is -0.389 e. The molecule has 0 spiro atoms. The third-order valence-electron chi connectivity index (χ3n) is 3.78. The summed E-state index contributed by atoms with van der Waals surface area (Å²) >= 11 is 1.36. The van der Waals surface area contributed by atoms with Gasteiger partial charge in [0.15, 0.2) is 0 Å². The van der Waals surface area contributed by atoms with Crippen LogP contribution in [0.15, 0.2) is 5.38 Å². The number of nitrogens with zero attached hydrogens (tertiary/aromatic N) is 2. The molecule has 0 aromatic carbocycles. The summed E-state index contributed by atoms with van der Waals surface area (Å²) in [6.45, 7) is 3.61. The Balaban J connectivity index is 1.71. The summed E-state index contributed by atoms with van der Waals surface area (Å²) < 4.78 is 3.82. The molecule has 0 saturated heterocycles. The molecule has 1 aliphatic rings. The molecule has 2 rings (SSSR count). The van der Waals surface area contributed by atoms with Gasteiger partial charge in [0.1, 0.15) is 0 Å². The first-order valence-corrected chi connectivity index (χ1v) is 7.24. The van der Waals surface area contributed by atoms with Crippen molar-refractivity contribution in [3.05, 3.63) is 11.1 Å². The second-order valence-corrected chi connectivity index (χ2v) is 5.69. The molecular weight excluding hydrogens is 234 g/mol. The van der Waals surface area contributed by atoms with E-state index >= 15 is 0 Å². The highest BCUT2D eigenvalue weighted by molar-refractivity contribution is 7.03. The summed E-state index contributed by atoms with van der Waals surface area (Å²) in [4.78, 5) is 0. The van der Waals surface area contributed by atoms with Crippen LogP contribution >= 0.6 is 11.5 Å². The molecule has 17 heavy (non-hydrogen) atoms. The Morgan fingerprint density at radius 2 is 2.29 bits per heavy atom. The van der Waals surface area contributed by atoms with Gasteiger partial charge in [-0.1, -0.05) is 17.8 Å². The number of rotatable bonds is 5. The molecule has 96 valence electrons. The van der Waals surface area contributed by atoms with Gasteiger partial charge in [-0.15, -0.1) is 5.10 Å². The van der Waals surface area contributed by atoms with Crippen molar-refractivity contribution in [2.24, 2.45) is 5.92 Å². The Bertz CT molecular complexity index is 321. The molecule has 1 aliphatic carbocycles. The Morgan fingerprint density at radius 1 is 1.53 bits per heavy atom. The molecule has 2 N–H and O–H groups in total. The zero-order valence-electron chi connectivity index (χ0n) is 10.4. The van der Waals surface area contributed by atoms with E-state index in [4.69, 9.17) is 0 Å². The maximum atomic E-state index is 10.4. The first kappa shape index (κ1) is 12.9. The third kappa shape index (κ3) is 3.72. The van der Waals surface area contributed by atoms with Gasteiger partial charge in [0.05, 0.1) is 11.3 Å². The van der Waals surface area contributed by atoms with Crippen LogP contribution in [-0.4, -0.2) is 26.8 Å². The minimum absolute atomic E-state index is 0.505. The number of aromatic nitrogens is 2. The van der Waals surface area contributed by atoms with Crippen molar-refractivity contribution in [3.8, 4) is 0 Å². The Hall–Kier alpha value is -0.520. The highest BCUT2D eigenvalue weighted by atomic mass is 32.1.